The zero-order chi connectivity index (χ0) is 20.2. The second kappa shape index (κ2) is 8.95. The fourth-order valence-electron chi connectivity index (χ4n) is 3.51. The summed E-state index contributed by atoms with van der Waals surface area (Å²) in [6.07, 6.45) is 0. The van der Waals surface area contributed by atoms with Crippen molar-refractivity contribution in [3.63, 3.8) is 0 Å². The van der Waals surface area contributed by atoms with Crippen molar-refractivity contribution in [1.29, 1.82) is 0 Å². The summed E-state index contributed by atoms with van der Waals surface area (Å²) in [5.41, 5.74) is 3.82. The summed E-state index contributed by atoms with van der Waals surface area (Å²) in [5, 5.41) is 6.86. The van der Waals surface area contributed by atoms with E-state index in [-0.39, 0.29) is 5.91 Å². The lowest BCUT2D eigenvalue weighted by atomic mass is 10.1. The number of nitrogens with one attached hydrogen (secondary N) is 1. The van der Waals surface area contributed by atoms with Crippen LogP contribution in [0.2, 0.25) is 5.02 Å². The molecule has 0 atom stereocenters. The van der Waals surface area contributed by atoms with Gasteiger partial charge in [-0.2, -0.15) is 0 Å². The Bertz CT molecular complexity index is 998. The molecule has 0 spiro atoms. The van der Waals surface area contributed by atoms with Gasteiger partial charge in [-0.1, -0.05) is 35.9 Å². The van der Waals surface area contributed by atoms with Gasteiger partial charge in [0, 0.05) is 42.8 Å². The summed E-state index contributed by atoms with van der Waals surface area (Å²) >= 11 is 7.93. The maximum absolute atomic E-state index is 12.5. The highest BCUT2D eigenvalue weighted by Gasteiger charge is 2.20. The standard InChI is InChI=1S/C22H23ClN4OS/c1-16-24-20(15-29-16)17-5-4-6-18(13-17)25-22(28)14-26-9-11-27(12-10-26)21-8-3-2-7-19(21)23/h2-8,13,15H,9-12,14H2,1H3,(H,25,28). The maximum Gasteiger partial charge on any atom is 0.238 e. The lowest BCUT2D eigenvalue weighted by Gasteiger charge is -2.36. The molecule has 29 heavy (non-hydrogen) atoms. The molecule has 150 valence electrons. The first-order valence-corrected chi connectivity index (χ1v) is 10.9. The number of hydrogen-bond donors (Lipinski definition) is 1. The summed E-state index contributed by atoms with van der Waals surface area (Å²) in [6, 6.07) is 15.7. The predicted octanol–water partition coefficient (Wildman–Crippen LogP) is 4.53. The summed E-state index contributed by atoms with van der Waals surface area (Å²) in [7, 11) is 0. The van der Waals surface area contributed by atoms with Crippen LogP contribution in [0, 0.1) is 6.92 Å². The normalized spacial score (nSPS) is 14.8. The van der Waals surface area contributed by atoms with Crippen LogP contribution in [0.4, 0.5) is 11.4 Å². The van der Waals surface area contributed by atoms with Gasteiger partial charge in [-0.05, 0) is 31.2 Å². The van der Waals surface area contributed by atoms with Gasteiger partial charge in [-0.25, -0.2) is 4.98 Å². The first-order valence-electron chi connectivity index (χ1n) is 9.63. The van der Waals surface area contributed by atoms with Crippen LogP contribution in [0.15, 0.2) is 53.9 Å². The zero-order valence-electron chi connectivity index (χ0n) is 16.3. The largest absolute Gasteiger partial charge is 0.368 e. The first kappa shape index (κ1) is 19.9. The van der Waals surface area contributed by atoms with Crippen molar-refractivity contribution in [2.24, 2.45) is 0 Å². The van der Waals surface area contributed by atoms with Gasteiger partial charge in [0.05, 0.1) is 28.0 Å². The molecule has 2 aromatic carbocycles. The number of nitrogens with zero attached hydrogens (tertiary/aromatic N) is 3. The molecule has 1 amide bonds. The number of hydrogen-bond acceptors (Lipinski definition) is 5. The molecule has 0 unspecified atom stereocenters. The Morgan fingerprint density at radius 2 is 1.93 bits per heavy atom. The third-order valence-electron chi connectivity index (χ3n) is 4.99. The van der Waals surface area contributed by atoms with Gasteiger partial charge in [0.25, 0.3) is 0 Å². The number of thiazole rings is 1. The van der Waals surface area contributed by atoms with Crippen LogP contribution in [-0.2, 0) is 4.79 Å². The van der Waals surface area contributed by atoms with Gasteiger partial charge in [-0.15, -0.1) is 11.3 Å². The van der Waals surface area contributed by atoms with Crippen LogP contribution >= 0.6 is 22.9 Å². The van der Waals surface area contributed by atoms with E-state index in [1.807, 2.05) is 60.8 Å². The van der Waals surface area contributed by atoms with Crippen LogP contribution in [0.25, 0.3) is 11.3 Å². The van der Waals surface area contributed by atoms with Crippen LogP contribution in [0.3, 0.4) is 0 Å². The number of halogens is 1. The number of carbonyl (C=O) groups is 1. The van der Waals surface area contributed by atoms with Crippen molar-refractivity contribution in [1.82, 2.24) is 9.88 Å². The zero-order valence-corrected chi connectivity index (χ0v) is 17.8. The molecule has 0 bridgehead atoms. The van der Waals surface area contributed by atoms with Crippen molar-refractivity contribution in [3.8, 4) is 11.3 Å². The molecule has 1 N–H and O–H groups in total. The van der Waals surface area contributed by atoms with Crippen LogP contribution in [-0.4, -0.2) is 48.5 Å². The van der Waals surface area contributed by atoms with Crippen molar-refractivity contribution < 1.29 is 4.79 Å². The molecule has 4 rings (SSSR count). The molecule has 1 aliphatic heterocycles. The minimum absolute atomic E-state index is 0.00259. The van der Waals surface area contributed by atoms with E-state index in [1.54, 1.807) is 11.3 Å². The van der Waals surface area contributed by atoms with Gasteiger partial charge in [-0.3, -0.25) is 9.69 Å². The summed E-state index contributed by atoms with van der Waals surface area (Å²) < 4.78 is 0. The van der Waals surface area contributed by atoms with E-state index in [4.69, 9.17) is 11.6 Å². The molecule has 1 fully saturated rings. The Morgan fingerprint density at radius 3 is 2.66 bits per heavy atom. The molecular weight excluding hydrogens is 404 g/mol. The molecule has 1 aliphatic rings. The number of rotatable bonds is 5. The predicted molar refractivity (Wildman–Crippen MR) is 121 cm³/mol. The van der Waals surface area contributed by atoms with Crippen molar-refractivity contribution in [3.05, 3.63) is 63.9 Å². The molecule has 1 aromatic heterocycles. The first-order chi connectivity index (χ1) is 14.1. The third kappa shape index (κ3) is 4.96. The minimum atomic E-state index is 0.00259. The maximum atomic E-state index is 12.5. The number of amides is 1. The van der Waals surface area contributed by atoms with E-state index in [1.165, 1.54) is 0 Å². The molecule has 5 nitrogen and oxygen atoms in total. The van der Waals surface area contributed by atoms with E-state index in [0.29, 0.717) is 6.54 Å². The highest BCUT2D eigenvalue weighted by Crippen LogP contribution is 2.26. The smallest absolute Gasteiger partial charge is 0.238 e. The van der Waals surface area contributed by atoms with Gasteiger partial charge in [0.15, 0.2) is 0 Å². The lowest BCUT2D eigenvalue weighted by molar-refractivity contribution is -0.117. The van der Waals surface area contributed by atoms with Crippen molar-refractivity contribution in [2.75, 3.05) is 42.9 Å². The number of carbonyl (C=O) groups excluding carboxylic acids is 1. The molecule has 7 heteroatoms. The van der Waals surface area contributed by atoms with E-state index in [2.05, 4.69) is 20.1 Å². The van der Waals surface area contributed by atoms with E-state index >= 15 is 0 Å². The van der Waals surface area contributed by atoms with Gasteiger partial charge in [0.2, 0.25) is 5.91 Å². The third-order valence-corrected chi connectivity index (χ3v) is 6.09. The summed E-state index contributed by atoms with van der Waals surface area (Å²) in [6.45, 7) is 5.75. The fourth-order valence-corrected chi connectivity index (χ4v) is 4.39. The highest BCUT2D eigenvalue weighted by atomic mass is 35.5. The number of aryl methyl sites for hydroxylation is 1. The number of aromatic nitrogens is 1. The van der Waals surface area contributed by atoms with Gasteiger partial charge in [0.1, 0.15) is 0 Å². The number of para-hydroxylation sites is 1. The molecule has 0 aliphatic carbocycles. The Balaban J connectivity index is 1.31. The van der Waals surface area contributed by atoms with Gasteiger partial charge < -0.3 is 10.2 Å². The van der Waals surface area contributed by atoms with Crippen LogP contribution in [0.1, 0.15) is 5.01 Å². The monoisotopic (exact) mass is 426 g/mol. The number of piperazine rings is 1. The number of anilines is 2. The topological polar surface area (TPSA) is 48.5 Å². The van der Waals surface area contributed by atoms with E-state index < -0.39 is 0 Å². The summed E-state index contributed by atoms with van der Waals surface area (Å²) in [5.74, 6) is 0.00259. The fraction of sp³-hybridized carbons (Fsp3) is 0.273. The minimum Gasteiger partial charge on any atom is -0.368 e. The van der Waals surface area contributed by atoms with Crippen LogP contribution in [0.5, 0.6) is 0 Å². The Morgan fingerprint density at radius 1 is 1.14 bits per heavy atom. The average Bonchev–Trinajstić information content (AvgIpc) is 3.16. The van der Waals surface area contributed by atoms with Crippen molar-refractivity contribution >= 4 is 40.2 Å². The molecule has 0 saturated carbocycles. The Kier molecular flexibility index (Phi) is 6.13. The van der Waals surface area contributed by atoms with E-state index in [0.717, 1.165) is 58.8 Å². The molecule has 2 heterocycles. The van der Waals surface area contributed by atoms with Crippen molar-refractivity contribution in [2.45, 2.75) is 6.92 Å². The van der Waals surface area contributed by atoms with Crippen LogP contribution < -0.4 is 10.2 Å². The Hall–Kier alpha value is -2.41. The molecule has 3 aromatic rings. The van der Waals surface area contributed by atoms with Gasteiger partial charge >= 0.3 is 0 Å². The second-order valence-electron chi connectivity index (χ2n) is 7.10. The Labute approximate surface area is 179 Å². The highest BCUT2D eigenvalue weighted by molar-refractivity contribution is 7.09. The average molecular weight is 427 g/mol. The summed E-state index contributed by atoms with van der Waals surface area (Å²) in [4.78, 5) is 21.5. The second-order valence-corrected chi connectivity index (χ2v) is 8.56. The quantitative estimate of drug-likeness (QED) is 0.651. The number of benzene rings is 2. The van der Waals surface area contributed by atoms with E-state index in [9.17, 15) is 4.79 Å². The molecular formula is C22H23ClN4OS. The molecule has 1 saturated heterocycles. The molecule has 0 radical (unpaired) electrons. The SMILES string of the molecule is Cc1nc(-c2cccc(NC(=O)CN3CCN(c4ccccc4Cl)CC3)c2)cs1. The lowest BCUT2D eigenvalue weighted by Crippen LogP contribution is -2.48.